The molecule has 0 bridgehead atoms. The van der Waals surface area contributed by atoms with E-state index in [0.29, 0.717) is 5.69 Å². The average Bonchev–Trinajstić information content (AvgIpc) is 2.27. The molecule has 0 aromatic heterocycles. The number of rotatable bonds is 2. The number of carbonyl (C=O) groups excluding carboxylic acids is 1. The highest BCUT2D eigenvalue weighted by Crippen LogP contribution is 2.23. The Morgan fingerprint density at radius 1 is 1.06 bits per heavy atom. The van der Waals surface area contributed by atoms with Gasteiger partial charge in [0.2, 0.25) is 5.91 Å². The minimum absolute atomic E-state index is 0.0783. The number of amides is 1. The zero-order valence-corrected chi connectivity index (χ0v) is 10.9. The fourth-order valence-electron chi connectivity index (χ4n) is 2.01. The minimum Gasteiger partial charge on any atom is -0.326 e. The molecule has 0 atom stereocenters. The van der Waals surface area contributed by atoms with Gasteiger partial charge in [-0.15, -0.1) is 0 Å². The Kier molecular flexibility index (Phi) is 3.47. The topological polar surface area (TPSA) is 29.1 Å². The van der Waals surface area contributed by atoms with Gasteiger partial charge in [-0.1, -0.05) is 35.4 Å². The van der Waals surface area contributed by atoms with Gasteiger partial charge in [0.05, 0.1) is 0 Å². The van der Waals surface area contributed by atoms with Crippen LogP contribution in [0.1, 0.15) is 18.1 Å². The zero-order chi connectivity index (χ0) is 13.1. The Labute approximate surface area is 108 Å². The van der Waals surface area contributed by atoms with Crippen molar-refractivity contribution in [2.75, 3.05) is 5.32 Å². The SMILES string of the molecule is CC(=O)Nc1[c]cc(-c2cc(C)cc(C)c2)cc1. The molecule has 0 fully saturated rings. The summed E-state index contributed by atoms with van der Waals surface area (Å²) in [7, 11) is 0. The lowest BCUT2D eigenvalue weighted by Crippen LogP contribution is -2.05. The quantitative estimate of drug-likeness (QED) is 0.848. The van der Waals surface area contributed by atoms with Gasteiger partial charge in [-0.2, -0.15) is 0 Å². The second-order valence-electron chi connectivity index (χ2n) is 4.55. The van der Waals surface area contributed by atoms with Gasteiger partial charge in [-0.05, 0) is 37.1 Å². The van der Waals surface area contributed by atoms with E-state index in [2.05, 4.69) is 43.4 Å². The van der Waals surface area contributed by atoms with E-state index in [4.69, 9.17) is 0 Å². The van der Waals surface area contributed by atoms with Gasteiger partial charge in [0.15, 0.2) is 0 Å². The normalized spacial score (nSPS) is 10.2. The Hall–Kier alpha value is -2.09. The minimum atomic E-state index is -0.0783. The molecule has 0 aliphatic heterocycles. The summed E-state index contributed by atoms with van der Waals surface area (Å²) >= 11 is 0. The summed E-state index contributed by atoms with van der Waals surface area (Å²) in [5.41, 5.74) is 5.48. The van der Waals surface area contributed by atoms with E-state index in [0.717, 1.165) is 5.56 Å². The largest absolute Gasteiger partial charge is 0.326 e. The Morgan fingerprint density at radius 3 is 2.22 bits per heavy atom. The summed E-state index contributed by atoms with van der Waals surface area (Å²) < 4.78 is 0. The van der Waals surface area contributed by atoms with Crippen molar-refractivity contribution in [1.82, 2.24) is 0 Å². The molecule has 0 aliphatic rings. The first-order valence-corrected chi connectivity index (χ1v) is 5.92. The van der Waals surface area contributed by atoms with E-state index in [1.807, 2.05) is 18.2 Å². The van der Waals surface area contributed by atoms with Crippen LogP contribution in [0.4, 0.5) is 5.69 Å². The summed E-state index contributed by atoms with van der Waals surface area (Å²) in [5.74, 6) is -0.0783. The van der Waals surface area contributed by atoms with Crippen molar-refractivity contribution in [2.45, 2.75) is 20.8 Å². The van der Waals surface area contributed by atoms with Crippen LogP contribution in [0.15, 0.2) is 36.4 Å². The van der Waals surface area contributed by atoms with E-state index in [1.165, 1.54) is 23.6 Å². The lowest BCUT2D eigenvalue weighted by Gasteiger charge is -2.07. The molecule has 2 aromatic carbocycles. The van der Waals surface area contributed by atoms with Gasteiger partial charge in [0, 0.05) is 18.7 Å². The predicted molar refractivity (Wildman–Crippen MR) is 74.5 cm³/mol. The van der Waals surface area contributed by atoms with Crippen LogP contribution < -0.4 is 5.32 Å². The summed E-state index contributed by atoms with van der Waals surface area (Å²) in [6.45, 7) is 5.67. The number of hydrogen-bond acceptors (Lipinski definition) is 1. The fraction of sp³-hybridized carbons (Fsp3) is 0.188. The van der Waals surface area contributed by atoms with Crippen LogP contribution >= 0.6 is 0 Å². The van der Waals surface area contributed by atoms with Gasteiger partial charge >= 0.3 is 0 Å². The molecule has 0 spiro atoms. The zero-order valence-electron chi connectivity index (χ0n) is 10.9. The second-order valence-corrected chi connectivity index (χ2v) is 4.55. The number of nitrogens with one attached hydrogen (secondary N) is 1. The van der Waals surface area contributed by atoms with Crippen molar-refractivity contribution in [3.8, 4) is 11.1 Å². The van der Waals surface area contributed by atoms with Crippen LogP contribution in [0, 0.1) is 19.9 Å². The molecule has 0 aliphatic carbocycles. The highest BCUT2D eigenvalue weighted by molar-refractivity contribution is 5.88. The van der Waals surface area contributed by atoms with Crippen LogP contribution in [0.2, 0.25) is 0 Å². The van der Waals surface area contributed by atoms with Crippen molar-refractivity contribution in [3.63, 3.8) is 0 Å². The second kappa shape index (κ2) is 5.05. The molecule has 0 heterocycles. The number of benzene rings is 2. The summed E-state index contributed by atoms with van der Waals surface area (Å²) in [5, 5.41) is 2.71. The molecule has 2 aromatic rings. The molecule has 91 valence electrons. The van der Waals surface area contributed by atoms with Gasteiger partial charge in [-0.25, -0.2) is 0 Å². The summed E-state index contributed by atoms with van der Waals surface area (Å²) in [6, 6.07) is 15.3. The van der Waals surface area contributed by atoms with Gasteiger partial charge in [0.25, 0.3) is 0 Å². The first-order chi connectivity index (χ1) is 8.54. The first kappa shape index (κ1) is 12.4. The molecule has 0 saturated carbocycles. The third kappa shape index (κ3) is 2.98. The molecule has 0 unspecified atom stereocenters. The summed E-state index contributed by atoms with van der Waals surface area (Å²) in [6.07, 6.45) is 0. The summed E-state index contributed by atoms with van der Waals surface area (Å²) in [4.78, 5) is 10.9. The number of carbonyl (C=O) groups is 1. The predicted octanol–water partition coefficient (Wildman–Crippen LogP) is 3.73. The molecule has 1 N–H and O–H groups in total. The van der Waals surface area contributed by atoms with Crippen LogP contribution in [-0.2, 0) is 4.79 Å². The monoisotopic (exact) mass is 238 g/mol. The van der Waals surface area contributed by atoms with E-state index >= 15 is 0 Å². The van der Waals surface area contributed by atoms with Gasteiger partial charge in [0.1, 0.15) is 0 Å². The van der Waals surface area contributed by atoms with Gasteiger partial charge in [-0.3, -0.25) is 4.79 Å². The molecule has 2 rings (SSSR count). The van der Waals surface area contributed by atoms with Crippen LogP contribution in [0.3, 0.4) is 0 Å². The maximum Gasteiger partial charge on any atom is 0.221 e. The molecule has 1 radical (unpaired) electrons. The molecule has 2 nitrogen and oxygen atoms in total. The number of hydrogen-bond donors (Lipinski definition) is 1. The maximum atomic E-state index is 10.9. The van der Waals surface area contributed by atoms with Crippen molar-refractivity contribution < 1.29 is 4.79 Å². The lowest BCUT2D eigenvalue weighted by atomic mass is 10.0. The number of anilines is 1. The van der Waals surface area contributed by atoms with Crippen molar-refractivity contribution in [1.29, 1.82) is 0 Å². The highest BCUT2D eigenvalue weighted by Gasteiger charge is 2.01. The Bertz CT molecular complexity index is 550. The fourth-order valence-corrected chi connectivity index (χ4v) is 2.01. The van der Waals surface area contributed by atoms with Crippen molar-refractivity contribution in [3.05, 3.63) is 53.6 Å². The third-order valence-electron chi connectivity index (χ3n) is 2.68. The third-order valence-corrected chi connectivity index (χ3v) is 2.68. The van der Waals surface area contributed by atoms with Crippen molar-refractivity contribution in [2.24, 2.45) is 0 Å². The standard InChI is InChI=1S/C16H16NO/c1-11-8-12(2)10-15(9-11)14-4-6-16(7-5-14)17-13(3)18/h4-6,8-10H,1-3H3,(H,17,18). The average molecular weight is 238 g/mol. The Morgan fingerprint density at radius 2 is 1.72 bits per heavy atom. The smallest absolute Gasteiger partial charge is 0.221 e. The molecule has 0 saturated heterocycles. The number of aryl methyl sites for hydroxylation is 2. The lowest BCUT2D eigenvalue weighted by molar-refractivity contribution is -0.114. The van der Waals surface area contributed by atoms with E-state index < -0.39 is 0 Å². The molecular formula is C16H16NO. The first-order valence-electron chi connectivity index (χ1n) is 5.92. The van der Waals surface area contributed by atoms with Crippen molar-refractivity contribution >= 4 is 11.6 Å². The highest BCUT2D eigenvalue weighted by atomic mass is 16.1. The van der Waals surface area contributed by atoms with Crippen LogP contribution in [-0.4, -0.2) is 5.91 Å². The molecular weight excluding hydrogens is 222 g/mol. The molecule has 2 heteroatoms. The van der Waals surface area contributed by atoms with Gasteiger partial charge < -0.3 is 5.32 Å². The van der Waals surface area contributed by atoms with E-state index in [-0.39, 0.29) is 5.91 Å². The Balaban J connectivity index is 2.31. The molecule has 18 heavy (non-hydrogen) atoms. The van der Waals surface area contributed by atoms with E-state index in [9.17, 15) is 4.79 Å². The molecule has 1 amide bonds. The van der Waals surface area contributed by atoms with E-state index in [1.54, 1.807) is 0 Å². The van der Waals surface area contributed by atoms with Crippen LogP contribution in [0.5, 0.6) is 0 Å². The maximum absolute atomic E-state index is 10.9. The van der Waals surface area contributed by atoms with Crippen LogP contribution in [0.25, 0.3) is 11.1 Å².